The molecule has 90 valence electrons. The maximum absolute atomic E-state index is 12.9. The van der Waals surface area contributed by atoms with Crippen molar-refractivity contribution in [1.82, 2.24) is 0 Å². The summed E-state index contributed by atoms with van der Waals surface area (Å²) in [6.07, 6.45) is 1.73. The van der Waals surface area contributed by atoms with Gasteiger partial charge < -0.3 is 0 Å². The highest BCUT2D eigenvalue weighted by Gasteiger charge is 2.16. The zero-order valence-electron chi connectivity index (χ0n) is 9.54. The molecule has 0 bridgehead atoms. The average molecular weight is 298 g/mol. The molecule has 0 amide bonds. The molecule has 0 aliphatic carbocycles. The van der Waals surface area contributed by atoms with E-state index >= 15 is 0 Å². The van der Waals surface area contributed by atoms with Crippen molar-refractivity contribution in [2.75, 3.05) is 0 Å². The average Bonchev–Trinajstić information content (AvgIpc) is 2.31. The molecule has 0 aliphatic rings. The first-order valence-corrected chi connectivity index (χ1v) is 6.35. The predicted molar refractivity (Wildman–Crippen MR) is 67.4 cm³/mol. The Bertz CT molecular complexity index is 453. The van der Waals surface area contributed by atoms with Crippen LogP contribution in [0.3, 0.4) is 0 Å². The second kappa shape index (κ2) is 6.51. The van der Waals surface area contributed by atoms with Crippen LogP contribution in [0, 0.1) is 17.1 Å². The third-order valence-corrected chi connectivity index (χ3v) is 3.27. The van der Waals surface area contributed by atoms with E-state index in [0.29, 0.717) is 24.0 Å². The van der Waals surface area contributed by atoms with E-state index in [2.05, 4.69) is 15.9 Å². The summed E-state index contributed by atoms with van der Waals surface area (Å²) in [5.74, 6) is -0.322. The Morgan fingerprint density at radius 3 is 2.88 bits per heavy atom. The van der Waals surface area contributed by atoms with E-state index in [0.717, 1.165) is 6.42 Å². The van der Waals surface area contributed by atoms with Gasteiger partial charge in [-0.05, 0) is 30.5 Å². The third-order valence-electron chi connectivity index (χ3n) is 2.44. The lowest BCUT2D eigenvalue weighted by Crippen LogP contribution is -2.16. The van der Waals surface area contributed by atoms with Crippen molar-refractivity contribution in [1.29, 1.82) is 5.26 Å². The fraction of sp³-hybridized carbons (Fsp3) is 0.385. The van der Waals surface area contributed by atoms with Crippen LogP contribution in [0.15, 0.2) is 18.2 Å². The smallest absolute Gasteiger partial charge is 0.146 e. The van der Waals surface area contributed by atoms with Crippen molar-refractivity contribution in [3.63, 3.8) is 0 Å². The van der Waals surface area contributed by atoms with E-state index in [-0.39, 0.29) is 10.6 Å². The number of ketones is 1. The number of Topliss-reactive ketones (excluding diaryl/α,β-unsaturated/α-hetero) is 1. The first-order chi connectivity index (χ1) is 8.08. The summed E-state index contributed by atoms with van der Waals surface area (Å²) >= 11 is 3.31. The number of alkyl halides is 1. The second-order valence-electron chi connectivity index (χ2n) is 3.80. The standard InChI is InChI=1S/C13H13BrFNO/c1-2-3-13(17)12(14)7-9-4-5-11(15)6-10(9)8-16/h4-6,12H,2-3,7H2,1H3. The zero-order chi connectivity index (χ0) is 12.8. The van der Waals surface area contributed by atoms with Crippen molar-refractivity contribution < 1.29 is 9.18 Å². The second-order valence-corrected chi connectivity index (χ2v) is 4.91. The highest BCUT2D eigenvalue weighted by Crippen LogP contribution is 2.17. The SMILES string of the molecule is CCCC(=O)C(Br)Cc1ccc(F)cc1C#N. The van der Waals surface area contributed by atoms with Crippen LogP contribution >= 0.6 is 15.9 Å². The fourth-order valence-corrected chi connectivity index (χ4v) is 2.12. The molecule has 0 aromatic heterocycles. The molecule has 1 rings (SSSR count). The summed E-state index contributed by atoms with van der Waals surface area (Å²) in [7, 11) is 0. The monoisotopic (exact) mass is 297 g/mol. The Morgan fingerprint density at radius 2 is 2.29 bits per heavy atom. The molecule has 0 saturated heterocycles. The van der Waals surface area contributed by atoms with Gasteiger partial charge >= 0.3 is 0 Å². The lowest BCUT2D eigenvalue weighted by atomic mass is 10.0. The summed E-state index contributed by atoms with van der Waals surface area (Å²) in [5.41, 5.74) is 0.985. The van der Waals surface area contributed by atoms with Crippen molar-refractivity contribution >= 4 is 21.7 Å². The van der Waals surface area contributed by atoms with Crippen LogP contribution < -0.4 is 0 Å². The van der Waals surface area contributed by atoms with Crippen LogP contribution in [0.5, 0.6) is 0 Å². The van der Waals surface area contributed by atoms with E-state index in [9.17, 15) is 9.18 Å². The molecule has 1 atom stereocenters. The van der Waals surface area contributed by atoms with Gasteiger partial charge in [0.25, 0.3) is 0 Å². The molecule has 0 spiro atoms. The van der Waals surface area contributed by atoms with Gasteiger partial charge in [0, 0.05) is 6.42 Å². The number of nitrogens with zero attached hydrogens (tertiary/aromatic N) is 1. The van der Waals surface area contributed by atoms with Crippen LogP contribution in [0.2, 0.25) is 0 Å². The first-order valence-electron chi connectivity index (χ1n) is 5.43. The molecule has 0 saturated carbocycles. The van der Waals surface area contributed by atoms with Gasteiger partial charge in [-0.25, -0.2) is 4.39 Å². The van der Waals surface area contributed by atoms with Gasteiger partial charge in [-0.3, -0.25) is 4.79 Å². The molecular weight excluding hydrogens is 285 g/mol. The van der Waals surface area contributed by atoms with Gasteiger partial charge in [-0.1, -0.05) is 28.9 Å². The number of hydrogen-bond acceptors (Lipinski definition) is 2. The van der Waals surface area contributed by atoms with Crippen molar-refractivity contribution in [3.8, 4) is 6.07 Å². The first kappa shape index (κ1) is 13.9. The minimum atomic E-state index is -0.434. The highest BCUT2D eigenvalue weighted by atomic mass is 79.9. The number of halogens is 2. The Morgan fingerprint density at radius 1 is 1.59 bits per heavy atom. The molecule has 1 unspecified atom stereocenters. The van der Waals surface area contributed by atoms with E-state index in [4.69, 9.17) is 5.26 Å². The molecule has 0 fully saturated rings. The molecule has 4 heteroatoms. The molecule has 1 aromatic carbocycles. The Labute approximate surface area is 109 Å². The molecule has 0 heterocycles. The van der Waals surface area contributed by atoms with Gasteiger partial charge in [0.05, 0.1) is 16.5 Å². The van der Waals surface area contributed by atoms with Gasteiger partial charge in [0.1, 0.15) is 11.6 Å². The number of nitriles is 1. The lowest BCUT2D eigenvalue weighted by Gasteiger charge is -2.09. The normalized spacial score (nSPS) is 11.9. The van der Waals surface area contributed by atoms with Crippen molar-refractivity contribution in [2.45, 2.75) is 31.0 Å². The van der Waals surface area contributed by atoms with Crippen LogP contribution in [0.4, 0.5) is 4.39 Å². The van der Waals surface area contributed by atoms with Gasteiger partial charge in [0.15, 0.2) is 0 Å². The minimum absolute atomic E-state index is 0.112. The quantitative estimate of drug-likeness (QED) is 0.782. The Kier molecular flexibility index (Phi) is 5.30. The van der Waals surface area contributed by atoms with Crippen LogP contribution in [-0.4, -0.2) is 10.6 Å². The summed E-state index contributed by atoms with van der Waals surface area (Å²) < 4.78 is 12.9. The fourth-order valence-electron chi connectivity index (χ4n) is 1.54. The van der Waals surface area contributed by atoms with Gasteiger partial charge in [-0.15, -0.1) is 0 Å². The maximum Gasteiger partial charge on any atom is 0.146 e. The number of rotatable bonds is 5. The summed E-state index contributed by atoms with van der Waals surface area (Å²) in [4.78, 5) is 11.3. The van der Waals surface area contributed by atoms with Gasteiger partial charge in [-0.2, -0.15) is 5.26 Å². The Balaban J connectivity index is 2.82. The maximum atomic E-state index is 12.9. The zero-order valence-corrected chi connectivity index (χ0v) is 11.1. The van der Waals surface area contributed by atoms with Crippen molar-refractivity contribution in [3.05, 3.63) is 35.1 Å². The summed E-state index contributed by atoms with van der Waals surface area (Å²) in [6.45, 7) is 1.94. The van der Waals surface area contributed by atoms with Gasteiger partial charge in [0.2, 0.25) is 0 Å². The molecule has 2 nitrogen and oxygen atoms in total. The number of carbonyl (C=O) groups is 1. The third kappa shape index (κ3) is 3.94. The van der Waals surface area contributed by atoms with E-state index < -0.39 is 5.82 Å². The Hall–Kier alpha value is -1.21. The number of hydrogen-bond donors (Lipinski definition) is 0. The molecule has 0 N–H and O–H groups in total. The predicted octanol–water partition coefficient (Wildman–Crippen LogP) is 3.37. The minimum Gasteiger partial charge on any atom is -0.298 e. The summed E-state index contributed by atoms with van der Waals surface area (Å²) in [6, 6.07) is 6.00. The van der Waals surface area contributed by atoms with Crippen molar-refractivity contribution in [2.24, 2.45) is 0 Å². The van der Waals surface area contributed by atoms with Crippen LogP contribution in [-0.2, 0) is 11.2 Å². The van der Waals surface area contributed by atoms with E-state index in [1.54, 1.807) is 6.07 Å². The topological polar surface area (TPSA) is 40.9 Å². The van der Waals surface area contributed by atoms with E-state index in [1.165, 1.54) is 12.1 Å². The van der Waals surface area contributed by atoms with Crippen LogP contribution in [0.1, 0.15) is 30.9 Å². The summed E-state index contributed by atoms with van der Waals surface area (Å²) in [5, 5.41) is 8.88. The number of benzene rings is 1. The molecule has 0 radical (unpaired) electrons. The molecule has 1 aromatic rings. The molecule has 0 aliphatic heterocycles. The highest BCUT2D eigenvalue weighted by molar-refractivity contribution is 9.10. The van der Waals surface area contributed by atoms with Crippen LogP contribution in [0.25, 0.3) is 0 Å². The number of carbonyl (C=O) groups excluding carboxylic acids is 1. The molecule has 17 heavy (non-hydrogen) atoms. The van der Waals surface area contributed by atoms with E-state index in [1.807, 2.05) is 13.0 Å². The lowest BCUT2D eigenvalue weighted by molar-refractivity contribution is -0.118. The molecular formula is C13H13BrFNO. The largest absolute Gasteiger partial charge is 0.298 e.